The van der Waals surface area contributed by atoms with Crippen molar-refractivity contribution in [3.05, 3.63) is 64.1 Å². The predicted molar refractivity (Wildman–Crippen MR) is 99.6 cm³/mol. The molecule has 0 saturated carbocycles. The van der Waals surface area contributed by atoms with Crippen molar-refractivity contribution >= 4 is 32.9 Å². The number of nitrogens with zero attached hydrogens (tertiary/aromatic N) is 1. The van der Waals surface area contributed by atoms with Crippen LogP contribution in [0.5, 0.6) is 5.75 Å². The van der Waals surface area contributed by atoms with Gasteiger partial charge in [0.2, 0.25) is 5.43 Å². The van der Waals surface area contributed by atoms with Gasteiger partial charge in [0, 0.05) is 23.6 Å². The average molecular weight is 431 g/mol. The lowest BCUT2D eigenvalue weighted by Gasteiger charge is -2.14. The molecule has 0 atom stereocenters. The van der Waals surface area contributed by atoms with E-state index < -0.39 is 0 Å². The highest BCUT2D eigenvalue weighted by Crippen LogP contribution is 2.13. The lowest BCUT2D eigenvalue weighted by Crippen LogP contribution is -2.15. The second-order valence-corrected chi connectivity index (χ2v) is 5.50. The number of aromatic nitrogens is 1. The fourth-order valence-electron chi connectivity index (χ4n) is 2.07. The number of ether oxygens (including phenoxy) is 1. The van der Waals surface area contributed by atoms with Gasteiger partial charge in [-0.2, -0.15) is 0 Å². The molecule has 0 saturated heterocycles. The fraction of sp³-hybridized carbons (Fsp3) is 0.353. The Hall–Kier alpha value is -1.07. The van der Waals surface area contributed by atoms with Gasteiger partial charge in [-0.1, -0.05) is 59.6 Å². The Bertz CT molecular complexity index is 626. The van der Waals surface area contributed by atoms with Gasteiger partial charge in [0.25, 0.3) is 0 Å². The van der Waals surface area contributed by atoms with Crippen LogP contribution in [0, 0.1) is 0 Å². The molecule has 0 N–H and O–H groups in total. The SMILES string of the molecule is Br.CCCCOc1cn(Cc2ccccc2)c(CBr)cc1=O. The van der Waals surface area contributed by atoms with Crippen molar-refractivity contribution in [2.24, 2.45) is 0 Å². The number of alkyl halides is 1. The minimum atomic E-state index is -0.0511. The summed E-state index contributed by atoms with van der Waals surface area (Å²) in [6.07, 6.45) is 3.83. The molecule has 2 aromatic rings. The summed E-state index contributed by atoms with van der Waals surface area (Å²) in [4.78, 5) is 12.0. The van der Waals surface area contributed by atoms with Crippen molar-refractivity contribution < 1.29 is 4.74 Å². The molecule has 0 bridgehead atoms. The minimum absolute atomic E-state index is 0. The number of hydrogen-bond acceptors (Lipinski definition) is 2. The van der Waals surface area contributed by atoms with Crippen molar-refractivity contribution in [3.8, 4) is 5.75 Å². The van der Waals surface area contributed by atoms with Crippen molar-refractivity contribution in [2.45, 2.75) is 31.6 Å². The molecule has 0 aliphatic carbocycles. The number of pyridine rings is 1. The van der Waals surface area contributed by atoms with Crippen LogP contribution >= 0.6 is 32.9 Å². The Labute approximate surface area is 150 Å². The van der Waals surface area contributed by atoms with Gasteiger partial charge < -0.3 is 9.30 Å². The molecule has 1 heterocycles. The molecule has 1 aromatic carbocycles. The van der Waals surface area contributed by atoms with Gasteiger partial charge in [0.15, 0.2) is 5.75 Å². The van der Waals surface area contributed by atoms with Crippen LogP contribution in [-0.4, -0.2) is 11.2 Å². The molecule has 0 fully saturated rings. The number of rotatable bonds is 7. The number of benzene rings is 1. The Balaban J connectivity index is 0.00000242. The zero-order chi connectivity index (χ0) is 15.1. The molecule has 0 radical (unpaired) electrons. The third-order valence-corrected chi connectivity index (χ3v) is 3.85. The van der Waals surface area contributed by atoms with E-state index in [0.717, 1.165) is 25.1 Å². The maximum atomic E-state index is 12.0. The molecule has 120 valence electrons. The summed E-state index contributed by atoms with van der Waals surface area (Å²) in [5.41, 5.74) is 2.10. The van der Waals surface area contributed by atoms with Crippen molar-refractivity contribution in [1.29, 1.82) is 0 Å². The lowest BCUT2D eigenvalue weighted by molar-refractivity contribution is 0.303. The maximum Gasteiger partial charge on any atom is 0.223 e. The van der Waals surface area contributed by atoms with E-state index in [2.05, 4.69) is 39.6 Å². The predicted octanol–water partition coefficient (Wildman–Crippen LogP) is 4.55. The molecule has 2 rings (SSSR count). The topological polar surface area (TPSA) is 31.2 Å². The van der Waals surface area contributed by atoms with Crippen molar-refractivity contribution in [3.63, 3.8) is 0 Å². The van der Waals surface area contributed by atoms with Crippen LogP contribution in [0.25, 0.3) is 0 Å². The summed E-state index contributed by atoms with van der Waals surface area (Å²) >= 11 is 3.44. The van der Waals surface area contributed by atoms with Crippen molar-refractivity contribution in [2.75, 3.05) is 6.61 Å². The summed E-state index contributed by atoms with van der Waals surface area (Å²) < 4.78 is 7.67. The average Bonchev–Trinajstić information content (AvgIpc) is 2.51. The zero-order valence-electron chi connectivity index (χ0n) is 12.6. The molecule has 0 aliphatic heterocycles. The molecule has 22 heavy (non-hydrogen) atoms. The van der Waals surface area contributed by atoms with Gasteiger partial charge in [-0.15, -0.1) is 17.0 Å². The first-order valence-electron chi connectivity index (χ1n) is 7.20. The summed E-state index contributed by atoms with van der Waals surface area (Å²) in [6, 6.07) is 11.8. The monoisotopic (exact) mass is 429 g/mol. The summed E-state index contributed by atoms with van der Waals surface area (Å²) in [7, 11) is 0. The van der Waals surface area contributed by atoms with Gasteiger partial charge >= 0.3 is 0 Å². The van der Waals surface area contributed by atoms with Crippen LogP contribution in [-0.2, 0) is 11.9 Å². The van der Waals surface area contributed by atoms with E-state index in [1.54, 1.807) is 6.07 Å². The smallest absolute Gasteiger partial charge is 0.223 e. The van der Waals surface area contributed by atoms with Crippen LogP contribution < -0.4 is 10.2 Å². The van der Waals surface area contributed by atoms with Crippen LogP contribution in [0.15, 0.2) is 47.4 Å². The van der Waals surface area contributed by atoms with E-state index in [9.17, 15) is 4.79 Å². The van der Waals surface area contributed by atoms with Crippen LogP contribution in [0.4, 0.5) is 0 Å². The van der Waals surface area contributed by atoms with E-state index in [1.165, 1.54) is 5.56 Å². The summed E-state index contributed by atoms with van der Waals surface area (Å²) in [5, 5.41) is 0.643. The highest BCUT2D eigenvalue weighted by molar-refractivity contribution is 9.08. The normalized spacial score (nSPS) is 10.1. The quantitative estimate of drug-likeness (QED) is 0.476. The van der Waals surface area contributed by atoms with Gasteiger partial charge in [-0.05, 0) is 12.0 Å². The number of hydrogen-bond donors (Lipinski definition) is 0. The number of unbranched alkanes of at least 4 members (excludes halogenated alkanes) is 1. The van der Waals surface area contributed by atoms with Gasteiger partial charge in [-0.3, -0.25) is 4.79 Å². The summed E-state index contributed by atoms with van der Waals surface area (Å²) in [5.74, 6) is 0.434. The highest BCUT2D eigenvalue weighted by atomic mass is 79.9. The zero-order valence-corrected chi connectivity index (χ0v) is 15.9. The van der Waals surface area contributed by atoms with Gasteiger partial charge in [0.05, 0.1) is 12.8 Å². The Morgan fingerprint density at radius 3 is 2.59 bits per heavy atom. The molecule has 0 spiro atoms. The first kappa shape index (κ1) is 19.0. The molecule has 1 aromatic heterocycles. The largest absolute Gasteiger partial charge is 0.488 e. The molecule has 3 nitrogen and oxygen atoms in total. The van der Waals surface area contributed by atoms with Crippen LogP contribution in [0.2, 0.25) is 0 Å². The third kappa shape index (κ3) is 5.29. The third-order valence-electron chi connectivity index (χ3n) is 3.27. The first-order valence-corrected chi connectivity index (χ1v) is 8.32. The Morgan fingerprint density at radius 1 is 1.23 bits per heavy atom. The number of halogens is 2. The molecule has 0 amide bonds. The minimum Gasteiger partial charge on any atom is -0.488 e. The van der Waals surface area contributed by atoms with E-state index >= 15 is 0 Å². The van der Waals surface area contributed by atoms with E-state index in [4.69, 9.17) is 4.74 Å². The molecule has 0 aliphatic rings. The molecule has 5 heteroatoms. The van der Waals surface area contributed by atoms with Crippen LogP contribution in [0.3, 0.4) is 0 Å². The molecule has 0 unspecified atom stereocenters. The summed E-state index contributed by atoms with van der Waals surface area (Å²) in [6.45, 7) is 3.42. The molecular weight excluding hydrogens is 410 g/mol. The van der Waals surface area contributed by atoms with E-state index in [1.807, 2.05) is 24.4 Å². The van der Waals surface area contributed by atoms with Crippen LogP contribution in [0.1, 0.15) is 31.0 Å². The second kappa shape index (κ2) is 9.85. The van der Waals surface area contributed by atoms with Gasteiger partial charge in [-0.25, -0.2) is 0 Å². The van der Waals surface area contributed by atoms with E-state index in [0.29, 0.717) is 17.7 Å². The lowest BCUT2D eigenvalue weighted by atomic mass is 10.2. The Morgan fingerprint density at radius 2 is 1.95 bits per heavy atom. The first-order chi connectivity index (χ1) is 10.2. The maximum absolute atomic E-state index is 12.0. The molecular formula is C17H21Br2NO2. The van der Waals surface area contributed by atoms with Crippen molar-refractivity contribution in [1.82, 2.24) is 4.57 Å². The van der Waals surface area contributed by atoms with E-state index in [-0.39, 0.29) is 22.4 Å². The fourth-order valence-corrected chi connectivity index (χ4v) is 2.55. The van der Waals surface area contributed by atoms with Gasteiger partial charge in [0.1, 0.15) is 0 Å². The highest BCUT2D eigenvalue weighted by Gasteiger charge is 2.07. The Kier molecular flexibility index (Phi) is 8.49. The second-order valence-electron chi connectivity index (χ2n) is 4.94. The standard InChI is InChI=1S/C17H20BrNO2.BrH/c1-2-3-9-21-17-13-19(15(11-18)10-16(17)20)12-14-7-5-4-6-8-14;/h4-8,10,13H,2-3,9,11-12H2,1H3;1H.